The number of likely N-dealkylation sites (tertiary alicyclic amines) is 1. The summed E-state index contributed by atoms with van der Waals surface area (Å²) in [7, 11) is 3.19. The molecular formula is C13H15BrFNO3. The lowest BCUT2D eigenvalue weighted by Crippen LogP contribution is -2.30. The minimum atomic E-state index is -0.387. The highest BCUT2D eigenvalue weighted by Crippen LogP contribution is 2.21. The van der Waals surface area contributed by atoms with Crippen LogP contribution in [0.4, 0.5) is 4.39 Å². The van der Waals surface area contributed by atoms with Gasteiger partial charge in [0.2, 0.25) is 0 Å². The summed E-state index contributed by atoms with van der Waals surface area (Å²) in [4.78, 5) is 14.0. The maximum absolute atomic E-state index is 13.2. The van der Waals surface area contributed by atoms with E-state index >= 15 is 0 Å². The first-order valence-corrected chi connectivity index (χ1v) is 6.66. The van der Waals surface area contributed by atoms with Crippen molar-refractivity contribution >= 4 is 21.8 Å². The van der Waals surface area contributed by atoms with Gasteiger partial charge in [0.05, 0.1) is 4.47 Å². The molecule has 1 aliphatic heterocycles. The van der Waals surface area contributed by atoms with Crippen LogP contribution in [0, 0.1) is 5.82 Å². The molecule has 4 nitrogen and oxygen atoms in total. The van der Waals surface area contributed by atoms with Crippen molar-refractivity contribution in [3.8, 4) is 0 Å². The SMILES string of the molecule is COC1CN(C(=O)c2ccc(F)c(Br)c2)CC1OC. The molecule has 0 bridgehead atoms. The van der Waals surface area contributed by atoms with Crippen LogP contribution in [-0.4, -0.2) is 50.3 Å². The molecule has 1 saturated heterocycles. The van der Waals surface area contributed by atoms with E-state index in [-0.39, 0.29) is 28.4 Å². The molecule has 2 rings (SSSR count). The second-order valence-corrected chi connectivity index (χ2v) is 5.24. The molecule has 2 unspecified atom stereocenters. The fourth-order valence-electron chi connectivity index (χ4n) is 2.17. The van der Waals surface area contributed by atoms with Gasteiger partial charge < -0.3 is 14.4 Å². The Morgan fingerprint density at radius 2 is 1.89 bits per heavy atom. The number of benzene rings is 1. The summed E-state index contributed by atoms with van der Waals surface area (Å²) >= 11 is 3.08. The molecule has 19 heavy (non-hydrogen) atoms. The fourth-order valence-corrected chi connectivity index (χ4v) is 2.55. The van der Waals surface area contributed by atoms with Gasteiger partial charge in [-0.3, -0.25) is 4.79 Å². The Labute approximate surface area is 119 Å². The maximum atomic E-state index is 13.2. The summed E-state index contributed by atoms with van der Waals surface area (Å²) in [6, 6.07) is 4.24. The molecule has 1 aromatic carbocycles. The third-order valence-electron chi connectivity index (χ3n) is 3.27. The Morgan fingerprint density at radius 3 is 2.37 bits per heavy atom. The van der Waals surface area contributed by atoms with Gasteiger partial charge in [-0.1, -0.05) is 0 Å². The van der Waals surface area contributed by atoms with Crippen LogP contribution < -0.4 is 0 Å². The lowest BCUT2D eigenvalue weighted by Gasteiger charge is -2.16. The number of carbonyl (C=O) groups is 1. The van der Waals surface area contributed by atoms with Gasteiger partial charge in [0.15, 0.2) is 0 Å². The Bertz CT molecular complexity index is 471. The van der Waals surface area contributed by atoms with Crippen LogP contribution in [0.15, 0.2) is 22.7 Å². The first kappa shape index (κ1) is 14.4. The molecule has 0 radical (unpaired) electrons. The van der Waals surface area contributed by atoms with E-state index in [1.54, 1.807) is 19.1 Å². The smallest absolute Gasteiger partial charge is 0.254 e. The Morgan fingerprint density at radius 1 is 1.32 bits per heavy atom. The maximum Gasteiger partial charge on any atom is 0.254 e. The van der Waals surface area contributed by atoms with Crippen molar-refractivity contribution < 1.29 is 18.7 Å². The predicted molar refractivity (Wildman–Crippen MR) is 71.6 cm³/mol. The molecule has 0 aliphatic carbocycles. The van der Waals surface area contributed by atoms with E-state index in [0.717, 1.165) is 0 Å². The number of halogens is 2. The Kier molecular flexibility index (Phi) is 4.54. The monoisotopic (exact) mass is 331 g/mol. The molecule has 1 amide bonds. The topological polar surface area (TPSA) is 38.8 Å². The normalized spacial score (nSPS) is 22.8. The van der Waals surface area contributed by atoms with E-state index in [4.69, 9.17) is 9.47 Å². The summed E-state index contributed by atoms with van der Waals surface area (Å²) in [6.07, 6.45) is -0.254. The molecule has 6 heteroatoms. The molecule has 1 aromatic rings. The van der Waals surface area contributed by atoms with Crippen molar-refractivity contribution in [3.63, 3.8) is 0 Å². The van der Waals surface area contributed by atoms with E-state index < -0.39 is 0 Å². The summed E-state index contributed by atoms with van der Waals surface area (Å²) < 4.78 is 24.0. The predicted octanol–water partition coefficient (Wildman–Crippen LogP) is 2.07. The van der Waals surface area contributed by atoms with E-state index in [9.17, 15) is 9.18 Å². The van der Waals surface area contributed by atoms with Crippen LogP contribution in [0.3, 0.4) is 0 Å². The van der Waals surface area contributed by atoms with Crippen molar-refractivity contribution in [2.24, 2.45) is 0 Å². The second kappa shape index (κ2) is 5.98. The van der Waals surface area contributed by atoms with E-state index in [1.165, 1.54) is 18.2 Å². The third kappa shape index (κ3) is 2.96. The molecular weight excluding hydrogens is 317 g/mol. The highest BCUT2D eigenvalue weighted by Gasteiger charge is 2.35. The standard InChI is InChI=1S/C13H15BrFNO3/c1-18-11-6-16(7-12(11)19-2)13(17)8-3-4-10(15)9(14)5-8/h3-5,11-12H,6-7H2,1-2H3. The molecule has 0 N–H and O–H groups in total. The van der Waals surface area contributed by atoms with Crippen LogP contribution in [0.25, 0.3) is 0 Å². The second-order valence-electron chi connectivity index (χ2n) is 4.39. The van der Waals surface area contributed by atoms with Crippen molar-refractivity contribution in [2.75, 3.05) is 27.3 Å². The number of rotatable bonds is 3. The zero-order valence-electron chi connectivity index (χ0n) is 10.7. The number of ether oxygens (including phenoxy) is 2. The molecule has 0 saturated carbocycles. The molecule has 0 aromatic heterocycles. The highest BCUT2D eigenvalue weighted by atomic mass is 79.9. The summed E-state index contributed by atoms with van der Waals surface area (Å²) in [5.74, 6) is -0.537. The van der Waals surface area contributed by atoms with Crippen molar-refractivity contribution in [2.45, 2.75) is 12.2 Å². The first-order chi connectivity index (χ1) is 9.06. The highest BCUT2D eigenvalue weighted by molar-refractivity contribution is 9.10. The van der Waals surface area contributed by atoms with Crippen molar-refractivity contribution in [3.05, 3.63) is 34.1 Å². The molecule has 1 heterocycles. The lowest BCUT2D eigenvalue weighted by molar-refractivity contribution is -0.00461. The molecule has 104 valence electrons. The average molecular weight is 332 g/mol. The lowest BCUT2D eigenvalue weighted by atomic mass is 10.2. The van der Waals surface area contributed by atoms with Gasteiger partial charge in [0.1, 0.15) is 18.0 Å². The Balaban J connectivity index is 2.14. The van der Waals surface area contributed by atoms with Gasteiger partial charge in [-0.2, -0.15) is 0 Å². The number of methoxy groups -OCH3 is 2. The largest absolute Gasteiger partial charge is 0.377 e. The van der Waals surface area contributed by atoms with Gasteiger partial charge in [-0.25, -0.2) is 4.39 Å². The van der Waals surface area contributed by atoms with Crippen LogP contribution in [0.1, 0.15) is 10.4 Å². The molecule has 1 aliphatic rings. The van der Waals surface area contributed by atoms with Crippen LogP contribution >= 0.6 is 15.9 Å². The van der Waals surface area contributed by atoms with Crippen LogP contribution in [0.5, 0.6) is 0 Å². The molecule has 1 fully saturated rings. The van der Waals surface area contributed by atoms with Crippen LogP contribution in [0.2, 0.25) is 0 Å². The zero-order chi connectivity index (χ0) is 14.0. The number of nitrogens with zero attached hydrogens (tertiary/aromatic N) is 1. The van der Waals surface area contributed by atoms with Gasteiger partial charge in [0, 0.05) is 32.9 Å². The number of hydrogen-bond donors (Lipinski definition) is 0. The minimum Gasteiger partial charge on any atom is -0.377 e. The van der Waals surface area contributed by atoms with E-state index in [2.05, 4.69) is 15.9 Å². The average Bonchev–Trinajstić information content (AvgIpc) is 2.84. The minimum absolute atomic E-state index is 0.127. The van der Waals surface area contributed by atoms with Crippen molar-refractivity contribution in [1.29, 1.82) is 0 Å². The van der Waals surface area contributed by atoms with Gasteiger partial charge >= 0.3 is 0 Å². The zero-order valence-corrected chi connectivity index (χ0v) is 12.3. The summed E-state index contributed by atoms with van der Waals surface area (Å²) in [6.45, 7) is 0.950. The first-order valence-electron chi connectivity index (χ1n) is 5.86. The third-order valence-corrected chi connectivity index (χ3v) is 3.88. The van der Waals surface area contributed by atoms with Gasteiger partial charge in [-0.05, 0) is 34.1 Å². The number of amides is 1. The number of hydrogen-bond acceptors (Lipinski definition) is 3. The fraction of sp³-hybridized carbons (Fsp3) is 0.462. The quantitative estimate of drug-likeness (QED) is 0.851. The van der Waals surface area contributed by atoms with Crippen molar-refractivity contribution in [1.82, 2.24) is 4.90 Å². The Hall–Kier alpha value is -0.980. The van der Waals surface area contributed by atoms with Gasteiger partial charge in [-0.15, -0.1) is 0 Å². The van der Waals surface area contributed by atoms with Gasteiger partial charge in [0.25, 0.3) is 5.91 Å². The molecule has 0 spiro atoms. The van der Waals surface area contributed by atoms with Crippen LogP contribution in [-0.2, 0) is 9.47 Å². The summed E-state index contributed by atoms with van der Waals surface area (Å²) in [5, 5.41) is 0. The van der Waals surface area contributed by atoms with E-state index in [1.807, 2.05) is 0 Å². The van der Waals surface area contributed by atoms with E-state index in [0.29, 0.717) is 18.7 Å². The number of carbonyl (C=O) groups excluding carboxylic acids is 1. The molecule has 2 atom stereocenters. The summed E-state index contributed by atoms with van der Waals surface area (Å²) in [5.41, 5.74) is 0.444.